The number of ether oxygens (including phenoxy) is 1. The molecule has 1 N–H and O–H groups in total. The number of epoxide rings is 1. The van der Waals surface area contributed by atoms with E-state index in [-0.39, 0.29) is 6.10 Å². The van der Waals surface area contributed by atoms with Crippen LogP contribution in [0.15, 0.2) is 0 Å². The smallest absolute Gasteiger partial charge is 0.0949 e. The van der Waals surface area contributed by atoms with Crippen LogP contribution < -0.4 is 0 Å². The van der Waals surface area contributed by atoms with Crippen LogP contribution in [0.1, 0.15) is 84.0 Å². The van der Waals surface area contributed by atoms with Gasteiger partial charge in [-0.2, -0.15) is 0 Å². The molecule has 6 rings (SSSR count). The van der Waals surface area contributed by atoms with Gasteiger partial charge in [0.2, 0.25) is 0 Å². The van der Waals surface area contributed by atoms with Gasteiger partial charge in [-0.25, -0.2) is 0 Å². The molecule has 1 aliphatic heterocycles. The van der Waals surface area contributed by atoms with E-state index in [4.69, 9.17) is 4.74 Å². The van der Waals surface area contributed by atoms with Gasteiger partial charge in [-0.05, 0) is 117 Å². The quantitative estimate of drug-likeness (QED) is 0.631. The second-order valence-corrected chi connectivity index (χ2v) is 11.2. The number of fused-ring (bicyclic) bond motifs is 5. The summed E-state index contributed by atoms with van der Waals surface area (Å²) in [7, 11) is 0. The summed E-state index contributed by atoms with van der Waals surface area (Å²) in [5, 5.41) is 10.2. The van der Waals surface area contributed by atoms with Gasteiger partial charge < -0.3 is 9.84 Å². The molecular weight excluding hydrogens is 308 g/mol. The van der Waals surface area contributed by atoms with E-state index in [1.165, 1.54) is 64.2 Å². The highest BCUT2D eigenvalue weighted by molar-refractivity contribution is 5.18. The van der Waals surface area contributed by atoms with Gasteiger partial charge in [0, 0.05) is 0 Å². The van der Waals surface area contributed by atoms with E-state index >= 15 is 0 Å². The van der Waals surface area contributed by atoms with Gasteiger partial charge in [0.05, 0.1) is 18.3 Å². The first-order valence-electron chi connectivity index (χ1n) is 11.4. The van der Waals surface area contributed by atoms with Crippen molar-refractivity contribution in [1.29, 1.82) is 0 Å². The third kappa shape index (κ3) is 1.94. The molecule has 5 aliphatic carbocycles. The largest absolute Gasteiger partial charge is 0.393 e. The molecule has 2 spiro atoms. The number of hydrogen-bond acceptors (Lipinski definition) is 2. The zero-order valence-electron chi connectivity index (χ0n) is 16.0. The van der Waals surface area contributed by atoms with Crippen LogP contribution in [-0.4, -0.2) is 23.4 Å². The van der Waals surface area contributed by atoms with Crippen molar-refractivity contribution in [3.63, 3.8) is 0 Å². The Morgan fingerprint density at radius 2 is 1.76 bits per heavy atom. The van der Waals surface area contributed by atoms with E-state index in [1.807, 2.05) is 0 Å². The van der Waals surface area contributed by atoms with E-state index < -0.39 is 0 Å². The molecule has 9 atom stereocenters. The number of aliphatic hydroxyl groups excluding tert-OH is 1. The molecule has 1 heterocycles. The summed E-state index contributed by atoms with van der Waals surface area (Å²) >= 11 is 0. The Labute approximate surface area is 153 Å². The van der Waals surface area contributed by atoms with Crippen molar-refractivity contribution in [2.24, 2.45) is 40.4 Å². The van der Waals surface area contributed by atoms with Crippen LogP contribution >= 0.6 is 0 Å². The summed E-state index contributed by atoms with van der Waals surface area (Å²) in [6.07, 6.45) is 16.5. The monoisotopic (exact) mass is 344 g/mol. The maximum atomic E-state index is 10.2. The lowest BCUT2D eigenvalue weighted by Crippen LogP contribution is -2.56. The van der Waals surface area contributed by atoms with Crippen molar-refractivity contribution in [2.45, 2.75) is 95.7 Å². The van der Waals surface area contributed by atoms with Gasteiger partial charge in [0.25, 0.3) is 0 Å². The fourth-order valence-electron chi connectivity index (χ4n) is 9.65. The highest BCUT2D eigenvalue weighted by Crippen LogP contribution is 2.73. The molecule has 1 saturated heterocycles. The second-order valence-electron chi connectivity index (χ2n) is 11.2. The average Bonchev–Trinajstić information content (AvgIpc) is 3.24. The van der Waals surface area contributed by atoms with Crippen LogP contribution in [0.2, 0.25) is 0 Å². The maximum absolute atomic E-state index is 10.2. The lowest BCUT2D eigenvalue weighted by Gasteiger charge is -2.62. The first-order valence-corrected chi connectivity index (χ1v) is 11.4. The van der Waals surface area contributed by atoms with Crippen LogP contribution in [-0.2, 0) is 4.74 Å². The van der Waals surface area contributed by atoms with E-state index in [9.17, 15) is 5.11 Å². The number of aliphatic hydroxyl groups is 1. The van der Waals surface area contributed by atoms with Crippen molar-refractivity contribution in [3.8, 4) is 0 Å². The second kappa shape index (κ2) is 5.04. The fraction of sp³-hybridized carbons (Fsp3) is 1.00. The van der Waals surface area contributed by atoms with Gasteiger partial charge in [0.1, 0.15) is 0 Å². The van der Waals surface area contributed by atoms with Crippen LogP contribution in [0.4, 0.5) is 0 Å². The minimum Gasteiger partial charge on any atom is -0.393 e. The van der Waals surface area contributed by atoms with Crippen molar-refractivity contribution in [2.75, 3.05) is 6.61 Å². The molecule has 25 heavy (non-hydrogen) atoms. The number of hydrogen-bond donors (Lipinski definition) is 1. The Morgan fingerprint density at radius 3 is 2.60 bits per heavy atom. The molecule has 0 amide bonds. The van der Waals surface area contributed by atoms with Crippen molar-refractivity contribution < 1.29 is 9.84 Å². The SMILES string of the molecule is C[C@]12CC[C@@H](O)C[C@@H]1CC[C@H]1[C@@H]3CC[C@H]4C3(CCC[C@]43CO3)CC[C@@H]12. The number of rotatable bonds is 0. The standard InChI is InChI=1S/C23H36O2/c1-21-11-7-16(24)13-15(21)3-4-17-18(21)8-12-22-9-2-10-23(14-25-23)20(22)6-5-19(17)22/h15-20,24H,2-14H2,1H3/t15-,16+,17+,18-,19-,20-,21-,22?,23-/m0/s1. The van der Waals surface area contributed by atoms with Gasteiger partial charge in [-0.15, -0.1) is 0 Å². The van der Waals surface area contributed by atoms with Crippen LogP contribution in [0.25, 0.3) is 0 Å². The average molecular weight is 345 g/mol. The Kier molecular flexibility index (Phi) is 3.21. The Bertz CT molecular complexity index is 568. The van der Waals surface area contributed by atoms with Crippen LogP contribution in [0, 0.1) is 40.4 Å². The topological polar surface area (TPSA) is 32.8 Å². The molecule has 140 valence electrons. The Hall–Kier alpha value is -0.0800. The summed E-state index contributed by atoms with van der Waals surface area (Å²) in [6, 6.07) is 0. The molecule has 5 saturated carbocycles. The molecule has 6 aliphatic rings. The zero-order valence-corrected chi connectivity index (χ0v) is 16.0. The summed E-state index contributed by atoms with van der Waals surface area (Å²) in [5.41, 5.74) is 1.54. The molecule has 2 nitrogen and oxygen atoms in total. The fourth-order valence-corrected chi connectivity index (χ4v) is 9.65. The zero-order chi connectivity index (χ0) is 16.9. The predicted octanol–water partition coefficient (Wildman–Crippen LogP) is 4.94. The van der Waals surface area contributed by atoms with Crippen molar-refractivity contribution >= 4 is 0 Å². The molecule has 0 radical (unpaired) electrons. The minimum atomic E-state index is -0.00867. The predicted molar refractivity (Wildman–Crippen MR) is 98.1 cm³/mol. The third-order valence-corrected chi connectivity index (χ3v) is 10.7. The van der Waals surface area contributed by atoms with Crippen molar-refractivity contribution in [3.05, 3.63) is 0 Å². The molecule has 0 aromatic heterocycles. The molecule has 0 aromatic rings. The molecule has 2 heteroatoms. The molecular formula is C23H36O2. The molecule has 0 bridgehead atoms. The minimum absolute atomic E-state index is 0.00867. The van der Waals surface area contributed by atoms with Gasteiger partial charge >= 0.3 is 0 Å². The highest BCUT2D eigenvalue weighted by atomic mass is 16.6. The van der Waals surface area contributed by atoms with Crippen LogP contribution in [0.5, 0.6) is 0 Å². The lowest BCUT2D eigenvalue weighted by atomic mass is 9.43. The highest BCUT2D eigenvalue weighted by Gasteiger charge is 2.69. The summed E-state index contributed by atoms with van der Waals surface area (Å²) in [5.74, 6) is 4.64. The van der Waals surface area contributed by atoms with Gasteiger partial charge in [-0.3, -0.25) is 0 Å². The van der Waals surface area contributed by atoms with Crippen molar-refractivity contribution in [1.82, 2.24) is 0 Å². The third-order valence-electron chi connectivity index (χ3n) is 10.7. The molecule has 6 fully saturated rings. The first kappa shape index (κ1) is 15.9. The molecule has 0 aromatic carbocycles. The first-order chi connectivity index (χ1) is 12.1. The van der Waals surface area contributed by atoms with Gasteiger partial charge in [-0.1, -0.05) is 6.92 Å². The Morgan fingerprint density at radius 1 is 0.880 bits per heavy atom. The normalized spacial score (nSPS) is 62.6. The van der Waals surface area contributed by atoms with E-state index in [1.54, 1.807) is 0 Å². The maximum Gasteiger partial charge on any atom is 0.0949 e. The Balaban J connectivity index is 1.33. The van der Waals surface area contributed by atoms with Gasteiger partial charge in [0.15, 0.2) is 0 Å². The molecule has 1 unspecified atom stereocenters. The van der Waals surface area contributed by atoms with E-state index in [0.717, 1.165) is 49.0 Å². The van der Waals surface area contributed by atoms with Crippen LogP contribution in [0.3, 0.4) is 0 Å². The summed E-state index contributed by atoms with van der Waals surface area (Å²) in [4.78, 5) is 0. The van der Waals surface area contributed by atoms with E-state index in [0.29, 0.717) is 16.4 Å². The summed E-state index contributed by atoms with van der Waals surface area (Å²) in [6.45, 7) is 3.70. The summed E-state index contributed by atoms with van der Waals surface area (Å²) < 4.78 is 6.12. The van der Waals surface area contributed by atoms with E-state index in [2.05, 4.69) is 6.92 Å². The lowest BCUT2D eigenvalue weighted by molar-refractivity contribution is -0.142.